The Morgan fingerprint density at radius 2 is 2.08 bits per heavy atom. The molecule has 1 heterocycles. The van der Waals surface area contributed by atoms with Gasteiger partial charge >= 0.3 is 5.97 Å². The number of esters is 1. The second-order valence-corrected chi connectivity index (χ2v) is 6.49. The summed E-state index contributed by atoms with van der Waals surface area (Å²) in [5.41, 5.74) is 7.84. The molecule has 1 aliphatic rings. The zero-order chi connectivity index (χ0) is 19.1. The third kappa shape index (κ3) is 4.86. The van der Waals surface area contributed by atoms with Gasteiger partial charge in [0.1, 0.15) is 5.82 Å². The Morgan fingerprint density at radius 1 is 1.38 bits per heavy atom. The van der Waals surface area contributed by atoms with E-state index in [1.165, 1.54) is 20.3 Å². The molecule has 1 aliphatic heterocycles. The molecule has 0 bridgehead atoms. The first-order chi connectivity index (χ1) is 12.5. The first-order valence-corrected chi connectivity index (χ1v) is 9.00. The molecule has 0 amide bonds. The molecule has 1 aromatic rings. The highest BCUT2D eigenvalue weighted by Crippen LogP contribution is 2.34. The molecular weight excluding hydrogens is 339 g/mol. The number of carbonyl (C=O) groups excluding carboxylic acids is 1. The summed E-state index contributed by atoms with van der Waals surface area (Å²) in [5.74, 6) is -1.24. The zero-order valence-corrected chi connectivity index (χ0v) is 15.8. The van der Waals surface area contributed by atoms with E-state index >= 15 is 0 Å². The normalized spacial score (nSPS) is 16.3. The molecule has 0 aromatic heterocycles. The van der Waals surface area contributed by atoms with Crippen LogP contribution in [0.25, 0.3) is 0 Å². The summed E-state index contributed by atoms with van der Waals surface area (Å²) in [5, 5.41) is 0. The molecule has 26 heavy (non-hydrogen) atoms. The highest BCUT2D eigenvalue weighted by molar-refractivity contribution is 5.72. The first kappa shape index (κ1) is 20.5. The van der Waals surface area contributed by atoms with E-state index in [0.717, 1.165) is 19.4 Å². The number of rotatable bonds is 8. The van der Waals surface area contributed by atoms with Crippen molar-refractivity contribution < 1.29 is 23.4 Å². The van der Waals surface area contributed by atoms with E-state index in [4.69, 9.17) is 19.9 Å². The van der Waals surface area contributed by atoms with Crippen LogP contribution in [-0.4, -0.2) is 52.6 Å². The van der Waals surface area contributed by atoms with Gasteiger partial charge in [-0.1, -0.05) is 0 Å². The summed E-state index contributed by atoms with van der Waals surface area (Å²) >= 11 is 0. The number of anilines is 2. The van der Waals surface area contributed by atoms with Crippen LogP contribution in [0.3, 0.4) is 0 Å². The number of hydrogen-bond donors (Lipinski definition) is 1. The lowest BCUT2D eigenvalue weighted by Gasteiger charge is -2.36. The Kier molecular flexibility index (Phi) is 7.66. The number of nitrogen functional groups attached to an aromatic ring is 1. The van der Waals surface area contributed by atoms with Gasteiger partial charge in [0, 0.05) is 38.8 Å². The van der Waals surface area contributed by atoms with Crippen LogP contribution in [0.2, 0.25) is 0 Å². The predicted octanol–water partition coefficient (Wildman–Crippen LogP) is 2.71. The Hall–Kier alpha value is -1.86. The largest absolute Gasteiger partial charge is 0.469 e. The van der Waals surface area contributed by atoms with Crippen molar-refractivity contribution in [2.45, 2.75) is 38.1 Å². The number of ether oxygens (including phenoxy) is 3. The summed E-state index contributed by atoms with van der Waals surface area (Å²) in [6, 6.07) is 3.38. The van der Waals surface area contributed by atoms with Gasteiger partial charge in [0.05, 0.1) is 31.5 Å². The van der Waals surface area contributed by atoms with E-state index in [1.807, 2.05) is 6.92 Å². The maximum Gasteiger partial charge on any atom is 0.306 e. The predicted molar refractivity (Wildman–Crippen MR) is 98.9 cm³/mol. The third-order valence-corrected chi connectivity index (χ3v) is 4.88. The summed E-state index contributed by atoms with van der Waals surface area (Å²) in [4.78, 5) is 13.8. The molecule has 146 valence electrons. The molecule has 1 saturated heterocycles. The van der Waals surface area contributed by atoms with Gasteiger partial charge in [0.15, 0.2) is 0 Å². The minimum Gasteiger partial charge on any atom is -0.469 e. The van der Waals surface area contributed by atoms with E-state index in [-0.39, 0.29) is 24.9 Å². The summed E-state index contributed by atoms with van der Waals surface area (Å²) in [6.07, 6.45) is 1.83. The van der Waals surface area contributed by atoms with Gasteiger partial charge in [0.2, 0.25) is 0 Å². The third-order valence-electron chi connectivity index (χ3n) is 4.88. The summed E-state index contributed by atoms with van der Waals surface area (Å²) in [7, 11) is 2.83. The number of nitrogens with zero attached hydrogens (tertiary/aromatic N) is 1. The van der Waals surface area contributed by atoms with Crippen molar-refractivity contribution in [2.24, 2.45) is 0 Å². The van der Waals surface area contributed by atoms with Crippen molar-refractivity contribution >= 4 is 17.3 Å². The monoisotopic (exact) mass is 368 g/mol. The maximum atomic E-state index is 14.9. The number of methoxy groups -OCH3 is 2. The number of hydrogen-bond acceptors (Lipinski definition) is 6. The van der Waals surface area contributed by atoms with E-state index in [0.29, 0.717) is 30.2 Å². The lowest BCUT2D eigenvalue weighted by atomic mass is 9.94. The molecule has 1 unspecified atom stereocenters. The van der Waals surface area contributed by atoms with E-state index in [9.17, 15) is 9.18 Å². The molecule has 0 radical (unpaired) electrons. The van der Waals surface area contributed by atoms with E-state index < -0.39 is 11.9 Å². The van der Waals surface area contributed by atoms with Gasteiger partial charge in [-0.2, -0.15) is 0 Å². The van der Waals surface area contributed by atoms with Gasteiger partial charge in [-0.15, -0.1) is 0 Å². The quantitative estimate of drug-likeness (QED) is 0.562. The molecule has 1 aromatic carbocycles. The maximum absolute atomic E-state index is 14.9. The fourth-order valence-electron chi connectivity index (χ4n) is 3.53. The smallest absolute Gasteiger partial charge is 0.306 e. The highest BCUT2D eigenvalue weighted by atomic mass is 19.1. The summed E-state index contributed by atoms with van der Waals surface area (Å²) in [6.45, 7) is 4.39. The molecule has 2 N–H and O–H groups in total. The Bertz CT molecular complexity index is 605. The van der Waals surface area contributed by atoms with Crippen molar-refractivity contribution in [1.82, 2.24) is 0 Å². The lowest BCUT2D eigenvalue weighted by molar-refractivity contribution is -0.141. The van der Waals surface area contributed by atoms with E-state index in [1.54, 1.807) is 6.07 Å². The van der Waals surface area contributed by atoms with Gasteiger partial charge in [0.25, 0.3) is 0 Å². The number of benzene rings is 1. The van der Waals surface area contributed by atoms with Gasteiger partial charge < -0.3 is 24.8 Å². The Labute approximate surface area is 154 Å². The topological polar surface area (TPSA) is 74.0 Å². The SMILES string of the molecule is CCN(c1cc(F)c(C(COC)CC(=O)OC)cc1N)C1CCOCC1. The van der Waals surface area contributed by atoms with E-state index in [2.05, 4.69) is 4.90 Å². The van der Waals surface area contributed by atoms with Crippen LogP contribution in [0.5, 0.6) is 0 Å². The molecule has 1 fully saturated rings. The van der Waals surface area contributed by atoms with Gasteiger partial charge in [-0.3, -0.25) is 4.79 Å². The van der Waals surface area contributed by atoms with Gasteiger partial charge in [-0.25, -0.2) is 4.39 Å². The van der Waals surface area contributed by atoms with Crippen LogP contribution >= 0.6 is 0 Å². The molecule has 7 heteroatoms. The fourth-order valence-corrected chi connectivity index (χ4v) is 3.53. The molecule has 1 atom stereocenters. The molecular formula is C19H29FN2O4. The Balaban J connectivity index is 2.31. The van der Waals surface area contributed by atoms with Crippen molar-refractivity contribution in [3.63, 3.8) is 0 Å². The average Bonchev–Trinajstić information content (AvgIpc) is 2.65. The van der Waals surface area contributed by atoms with Crippen LogP contribution in [0.4, 0.5) is 15.8 Å². The van der Waals surface area contributed by atoms with Crippen molar-refractivity contribution in [3.8, 4) is 0 Å². The van der Waals surface area contributed by atoms with Crippen LogP contribution in [-0.2, 0) is 19.0 Å². The summed E-state index contributed by atoms with van der Waals surface area (Å²) < 4.78 is 30.2. The molecule has 2 rings (SSSR count). The van der Waals surface area contributed by atoms with Crippen LogP contribution < -0.4 is 10.6 Å². The molecule has 0 aliphatic carbocycles. The van der Waals surface area contributed by atoms with Crippen LogP contribution in [0.15, 0.2) is 12.1 Å². The number of carbonyl (C=O) groups is 1. The highest BCUT2D eigenvalue weighted by Gasteiger charge is 2.26. The van der Waals surface area contributed by atoms with Crippen molar-refractivity contribution in [3.05, 3.63) is 23.5 Å². The second kappa shape index (κ2) is 9.73. The molecule has 0 spiro atoms. The van der Waals surface area contributed by atoms with Crippen LogP contribution in [0.1, 0.15) is 37.7 Å². The zero-order valence-electron chi connectivity index (χ0n) is 15.8. The molecule has 0 saturated carbocycles. The van der Waals surface area contributed by atoms with Crippen molar-refractivity contribution in [1.29, 1.82) is 0 Å². The minimum atomic E-state index is -0.443. The lowest BCUT2D eigenvalue weighted by Crippen LogP contribution is -2.40. The average molecular weight is 368 g/mol. The fraction of sp³-hybridized carbons (Fsp3) is 0.632. The first-order valence-electron chi connectivity index (χ1n) is 9.00. The van der Waals surface area contributed by atoms with Crippen molar-refractivity contribution in [2.75, 3.05) is 51.2 Å². The standard InChI is InChI=1S/C19H29FN2O4/c1-4-22(14-5-7-26-8-6-14)18-11-16(20)15(10-17(18)21)13(12-24-2)9-19(23)25-3/h10-11,13-14H,4-9,12,21H2,1-3H3. The van der Waals surface area contributed by atoms with Crippen LogP contribution in [0, 0.1) is 5.82 Å². The molecule has 6 nitrogen and oxygen atoms in total. The minimum absolute atomic E-state index is 0.0392. The van der Waals surface area contributed by atoms with Gasteiger partial charge in [-0.05, 0) is 37.5 Å². The Morgan fingerprint density at radius 3 is 2.65 bits per heavy atom. The number of nitrogens with two attached hydrogens (primary N) is 1. The second-order valence-electron chi connectivity index (χ2n) is 6.49. The number of halogens is 1.